The average Bonchev–Trinajstić information content (AvgIpc) is 4.06. The van der Waals surface area contributed by atoms with Crippen molar-refractivity contribution in [2.24, 2.45) is 7.05 Å². The Bertz CT molecular complexity index is 4380. The van der Waals surface area contributed by atoms with E-state index in [1.165, 1.54) is 222 Å². The van der Waals surface area contributed by atoms with Gasteiger partial charge in [-0.1, -0.05) is 0 Å². The number of hydrogen-bond acceptors (Lipinski definition) is 1. The summed E-state index contributed by atoms with van der Waals surface area (Å²) < 4.78 is 12.8. The van der Waals surface area contributed by atoms with Crippen LogP contribution in [-0.2, 0) is 7.05 Å². The van der Waals surface area contributed by atoms with Crippen LogP contribution in [0.4, 0.5) is 0 Å². The summed E-state index contributed by atoms with van der Waals surface area (Å²) in [5.41, 5.74) is 49.2. The summed E-state index contributed by atoms with van der Waals surface area (Å²) in [7, 11) is 2.27. The number of nitrogens with zero attached hydrogens (tertiary/aromatic N) is 6. The molecule has 0 radical (unpaired) electrons. The van der Waals surface area contributed by atoms with Crippen LogP contribution in [-0.4, -0.2) is 23.6 Å². The van der Waals surface area contributed by atoms with E-state index in [1.54, 1.807) is 0 Å². The summed E-state index contributed by atoms with van der Waals surface area (Å²) in [6.45, 7) is 65.6. The van der Waals surface area contributed by atoms with Crippen LogP contribution in [0, 0.1) is 194 Å². The molecule has 6 aromatic carbocycles. The van der Waals surface area contributed by atoms with Crippen LogP contribution in [0.1, 0.15) is 156 Å². The van der Waals surface area contributed by atoms with E-state index in [2.05, 4.69) is 224 Å². The molecule has 0 fully saturated rings. The van der Waals surface area contributed by atoms with E-state index in [4.69, 9.17) is 5.10 Å². The minimum Gasteiger partial charge on any atom is -0.313 e. The molecule has 0 aliphatic heterocycles. The van der Waals surface area contributed by atoms with Crippen LogP contribution < -0.4 is 4.68 Å². The van der Waals surface area contributed by atoms with Crippen molar-refractivity contribution in [1.29, 1.82) is 0 Å². The topological polar surface area (TPSA) is 36.5 Å². The predicted molar refractivity (Wildman–Crippen MR) is 331 cm³/mol. The molecule has 0 atom stereocenters. The maximum Gasteiger partial charge on any atom is 0.213 e. The summed E-state index contributed by atoms with van der Waals surface area (Å²) in [4.78, 5) is 0. The van der Waals surface area contributed by atoms with Gasteiger partial charge in [-0.3, -0.25) is 0 Å². The lowest BCUT2D eigenvalue weighted by Crippen LogP contribution is -2.41. The van der Waals surface area contributed by atoms with Gasteiger partial charge in [-0.15, -0.1) is 9.36 Å². The molecule has 0 aliphatic carbocycles. The van der Waals surface area contributed by atoms with E-state index in [0.717, 1.165) is 11.4 Å². The van der Waals surface area contributed by atoms with E-state index < -0.39 is 0 Å². The van der Waals surface area contributed by atoms with E-state index in [9.17, 15) is 0 Å². The lowest BCUT2D eigenvalue weighted by atomic mass is 9.84. The van der Waals surface area contributed by atoms with Crippen LogP contribution >= 0.6 is 0 Å². The molecule has 4 aromatic heterocycles. The highest BCUT2D eigenvalue weighted by Gasteiger charge is 2.36. The number of aryl methyl sites for hydroxylation is 12. The number of fused-ring (bicyclic) bond motifs is 4. The van der Waals surface area contributed by atoms with Crippen molar-refractivity contribution in [3.63, 3.8) is 0 Å². The van der Waals surface area contributed by atoms with Gasteiger partial charge in [-0.05, 0) is 320 Å². The zero-order valence-corrected chi connectivity index (χ0v) is 52.7. The third kappa shape index (κ3) is 6.66. The van der Waals surface area contributed by atoms with Gasteiger partial charge in [0.2, 0.25) is 5.69 Å². The molecule has 0 spiro atoms. The standard InChI is InChI=1S/C71H87N6/c1-30-34(5)42(13)66-58(38(30)9)50(21)55(26)74(66)64-46(17)48(19)68(75-56(27)51(22)59-39(10)31(2)35(6)43(14)67(59)75)62(52(64)23)63-53(24)65(77-71-45(16)37(8)33(4)41(12)61(71)57(28)73(77)29)47(18)49(20)70(63)76-69-44(15)36(7)32(3)40(11)60(69)54(25)72-76/h1-29H3/q+1. The van der Waals surface area contributed by atoms with Gasteiger partial charge in [0.15, 0.2) is 7.05 Å². The largest absolute Gasteiger partial charge is 0.313 e. The van der Waals surface area contributed by atoms with E-state index in [0.29, 0.717) is 0 Å². The van der Waals surface area contributed by atoms with Crippen molar-refractivity contribution in [1.82, 2.24) is 23.6 Å². The monoisotopic (exact) mass is 1020 g/mol. The van der Waals surface area contributed by atoms with Crippen LogP contribution in [0.5, 0.6) is 0 Å². The van der Waals surface area contributed by atoms with Gasteiger partial charge in [0.1, 0.15) is 11.2 Å². The van der Waals surface area contributed by atoms with Crippen LogP contribution in [0.25, 0.3) is 77.5 Å². The van der Waals surface area contributed by atoms with E-state index in [-0.39, 0.29) is 0 Å². The summed E-state index contributed by atoms with van der Waals surface area (Å²) in [6.07, 6.45) is 0. The third-order valence-electron chi connectivity index (χ3n) is 21.4. The predicted octanol–water partition coefficient (Wildman–Crippen LogP) is 18.0. The smallest absolute Gasteiger partial charge is 0.213 e. The first kappa shape index (κ1) is 53.7. The Morgan fingerprint density at radius 1 is 0.260 bits per heavy atom. The fraction of sp³-hybridized carbons (Fsp3) is 0.408. The van der Waals surface area contributed by atoms with Gasteiger partial charge >= 0.3 is 0 Å². The lowest BCUT2D eigenvalue weighted by molar-refractivity contribution is -0.747. The molecule has 0 unspecified atom stereocenters. The maximum absolute atomic E-state index is 5.78. The molecule has 6 heteroatoms. The summed E-state index contributed by atoms with van der Waals surface area (Å²) in [5.74, 6) is 0. The first-order valence-electron chi connectivity index (χ1n) is 28.3. The van der Waals surface area contributed by atoms with Crippen LogP contribution in [0.2, 0.25) is 0 Å². The molecule has 77 heavy (non-hydrogen) atoms. The Hall–Kier alpha value is -6.66. The van der Waals surface area contributed by atoms with Crippen molar-refractivity contribution in [3.8, 4) is 33.9 Å². The second-order valence-corrected chi connectivity index (χ2v) is 24.3. The fourth-order valence-corrected chi connectivity index (χ4v) is 14.8. The van der Waals surface area contributed by atoms with E-state index >= 15 is 0 Å². The summed E-state index contributed by atoms with van der Waals surface area (Å²) in [5, 5.41) is 11.1. The second-order valence-electron chi connectivity index (χ2n) is 24.3. The Morgan fingerprint density at radius 3 is 1.05 bits per heavy atom. The Morgan fingerprint density at radius 2 is 0.584 bits per heavy atom. The zero-order chi connectivity index (χ0) is 56.8. The molecule has 0 N–H and O–H groups in total. The minimum absolute atomic E-state index is 1.06. The number of benzene rings is 6. The van der Waals surface area contributed by atoms with Gasteiger partial charge in [0.25, 0.3) is 0 Å². The van der Waals surface area contributed by atoms with Gasteiger partial charge in [0, 0.05) is 45.6 Å². The second kappa shape index (κ2) is 17.7. The fourth-order valence-electron chi connectivity index (χ4n) is 14.8. The first-order valence-corrected chi connectivity index (χ1v) is 28.3. The summed E-state index contributed by atoms with van der Waals surface area (Å²) in [6, 6.07) is 0. The van der Waals surface area contributed by atoms with Crippen molar-refractivity contribution < 1.29 is 4.68 Å². The van der Waals surface area contributed by atoms with Gasteiger partial charge in [0.05, 0.1) is 44.7 Å². The first-order chi connectivity index (χ1) is 35.9. The Balaban J connectivity index is 1.56. The van der Waals surface area contributed by atoms with Gasteiger partial charge in [-0.25, -0.2) is 4.68 Å². The zero-order valence-electron chi connectivity index (χ0n) is 52.7. The molecule has 0 amide bonds. The molecule has 0 bridgehead atoms. The lowest BCUT2D eigenvalue weighted by Gasteiger charge is -2.30. The molecule has 10 rings (SSSR count). The van der Waals surface area contributed by atoms with Crippen LogP contribution in [0.3, 0.4) is 0 Å². The van der Waals surface area contributed by atoms with Crippen molar-refractivity contribution in [2.45, 2.75) is 194 Å². The summed E-state index contributed by atoms with van der Waals surface area (Å²) >= 11 is 0. The quantitative estimate of drug-likeness (QED) is 0.158. The molecule has 10 aromatic rings. The maximum atomic E-state index is 5.78. The molecular formula is C71H87N6+. The Labute approximate surface area is 460 Å². The highest BCUT2D eigenvalue weighted by atomic mass is 15.4. The number of aromatic nitrogens is 6. The molecule has 6 nitrogen and oxygen atoms in total. The molecule has 0 saturated carbocycles. The molecular weight excluding hydrogens is 937 g/mol. The molecule has 400 valence electrons. The number of hydrogen-bond donors (Lipinski definition) is 0. The van der Waals surface area contributed by atoms with Gasteiger partial charge in [-0.2, -0.15) is 5.10 Å². The van der Waals surface area contributed by atoms with Crippen molar-refractivity contribution >= 4 is 43.6 Å². The van der Waals surface area contributed by atoms with Crippen molar-refractivity contribution in [2.75, 3.05) is 0 Å². The van der Waals surface area contributed by atoms with Crippen LogP contribution in [0.15, 0.2) is 0 Å². The van der Waals surface area contributed by atoms with E-state index in [1.807, 2.05) is 0 Å². The molecule has 0 aliphatic rings. The SMILES string of the molecule is Cc1c(C)c(-n2c3c(C)c(C)c(C)c(C)c3c(C)[n+]2C)c(C)c(-c2c(C)c(-n3c(C)c(C)c4c(C)c(C)c(C)c(C)c43)c(C)c(C)c2-n2c(C)c(C)c3c(C)c(C)c(C)c(C)c32)c1-n1nc(C)c2c(C)c(C)c(C)c(C)c21. The Kier molecular flexibility index (Phi) is 12.3. The van der Waals surface area contributed by atoms with Gasteiger partial charge < -0.3 is 9.13 Å². The van der Waals surface area contributed by atoms with Crippen molar-refractivity contribution in [3.05, 3.63) is 156 Å². The highest BCUT2D eigenvalue weighted by Crippen LogP contribution is 2.51. The number of rotatable bonds is 5. The highest BCUT2D eigenvalue weighted by molar-refractivity contribution is 6.02. The minimum atomic E-state index is 1.06. The molecule has 0 saturated heterocycles. The molecule has 4 heterocycles. The third-order valence-corrected chi connectivity index (χ3v) is 21.4. The average molecular weight is 1020 g/mol. The normalized spacial score (nSPS) is 12.2.